The minimum atomic E-state index is -0.485. The zero-order valence-electron chi connectivity index (χ0n) is 13.7. The average molecular weight is 330 g/mol. The summed E-state index contributed by atoms with van der Waals surface area (Å²) in [5.74, 6) is -0.00420. The second-order valence-electron chi connectivity index (χ2n) is 6.53. The molecule has 0 aliphatic carbocycles. The van der Waals surface area contributed by atoms with E-state index in [0.29, 0.717) is 31.6 Å². The van der Waals surface area contributed by atoms with Gasteiger partial charge in [0.15, 0.2) is 0 Å². The van der Waals surface area contributed by atoms with Crippen molar-refractivity contribution in [2.24, 2.45) is 11.7 Å². The van der Waals surface area contributed by atoms with E-state index < -0.39 is 6.04 Å². The standard InChI is InChI=1S/C17H22N4O3/c1-10(18)17(24)21-5-4-11(9-21)8-19-16(23)12-2-3-14-13(6-12)7-15(22)20-14/h2-3,6,10-11H,4-5,7-9,18H2,1H3,(H,19,23)(H,20,22)/t10-,11+/m1/s1. The lowest BCUT2D eigenvalue weighted by atomic mass is 10.1. The molecule has 2 aliphatic heterocycles. The maximum absolute atomic E-state index is 12.3. The summed E-state index contributed by atoms with van der Waals surface area (Å²) >= 11 is 0. The lowest BCUT2D eigenvalue weighted by Crippen LogP contribution is -2.41. The molecule has 0 aromatic heterocycles. The van der Waals surface area contributed by atoms with Crippen molar-refractivity contribution in [2.75, 3.05) is 25.0 Å². The van der Waals surface area contributed by atoms with Crippen molar-refractivity contribution in [2.45, 2.75) is 25.8 Å². The smallest absolute Gasteiger partial charge is 0.251 e. The van der Waals surface area contributed by atoms with Crippen LogP contribution in [0.2, 0.25) is 0 Å². The minimum absolute atomic E-state index is 0.0420. The molecule has 1 saturated heterocycles. The van der Waals surface area contributed by atoms with Gasteiger partial charge in [-0.3, -0.25) is 14.4 Å². The van der Waals surface area contributed by atoms with Gasteiger partial charge >= 0.3 is 0 Å². The quantitative estimate of drug-likeness (QED) is 0.728. The minimum Gasteiger partial charge on any atom is -0.352 e. The number of fused-ring (bicyclic) bond motifs is 1. The van der Waals surface area contributed by atoms with E-state index in [0.717, 1.165) is 17.7 Å². The van der Waals surface area contributed by atoms with Gasteiger partial charge in [-0.2, -0.15) is 0 Å². The van der Waals surface area contributed by atoms with Crippen LogP contribution in [0.1, 0.15) is 29.3 Å². The molecular weight excluding hydrogens is 308 g/mol. The highest BCUT2D eigenvalue weighted by atomic mass is 16.2. The molecule has 128 valence electrons. The van der Waals surface area contributed by atoms with Crippen molar-refractivity contribution >= 4 is 23.4 Å². The number of carbonyl (C=O) groups is 3. The Bertz CT molecular complexity index is 686. The average Bonchev–Trinajstić information content (AvgIpc) is 3.16. The van der Waals surface area contributed by atoms with Gasteiger partial charge in [-0.15, -0.1) is 0 Å². The topological polar surface area (TPSA) is 105 Å². The molecule has 3 rings (SSSR count). The number of hydrogen-bond acceptors (Lipinski definition) is 4. The summed E-state index contributed by atoms with van der Waals surface area (Å²) in [5.41, 5.74) is 7.80. The summed E-state index contributed by atoms with van der Waals surface area (Å²) in [6, 6.07) is 4.73. The largest absolute Gasteiger partial charge is 0.352 e. The van der Waals surface area contributed by atoms with Gasteiger partial charge in [0.2, 0.25) is 11.8 Å². The first-order valence-electron chi connectivity index (χ1n) is 8.19. The summed E-state index contributed by atoms with van der Waals surface area (Å²) in [7, 11) is 0. The van der Waals surface area contributed by atoms with Gasteiger partial charge in [0, 0.05) is 30.9 Å². The molecule has 2 heterocycles. The number of likely N-dealkylation sites (tertiary alicyclic amines) is 1. The Labute approximate surface area is 140 Å². The number of benzene rings is 1. The Morgan fingerprint density at radius 2 is 2.25 bits per heavy atom. The van der Waals surface area contributed by atoms with E-state index in [1.165, 1.54) is 0 Å². The van der Waals surface area contributed by atoms with Crippen LogP contribution in [0, 0.1) is 5.92 Å². The van der Waals surface area contributed by atoms with Crippen molar-refractivity contribution in [1.82, 2.24) is 10.2 Å². The molecule has 0 spiro atoms. The number of rotatable bonds is 4. The normalized spacial score (nSPS) is 20.5. The zero-order chi connectivity index (χ0) is 17.3. The second-order valence-corrected chi connectivity index (χ2v) is 6.53. The van der Waals surface area contributed by atoms with Gasteiger partial charge in [-0.1, -0.05) is 0 Å². The van der Waals surface area contributed by atoms with Crippen molar-refractivity contribution in [3.63, 3.8) is 0 Å². The first-order valence-corrected chi connectivity index (χ1v) is 8.19. The van der Waals surface area contributed by atoms with E-state index in [-0.39, 0.29) is 23.6 Å². The van der Waals surface area contributed by atoms with Crippen LogP contribution in [-0.4, -0.2) is 48.3 Å². The van der Waals surface area contributed by atoms with Gasteiger partial charge in [-0.05, 0) is 43.0 Å². The van der Waals surface area contributed by atoms with Crippen LogP contribution in [0.15, 0.2) is 18.2 Å². The van der Waals surface area contributed by atoms with E-state index in [2.05, 4.69) is 10.6 Å². The number of hydrogen-bond donors (Lipinski definition) is 3. The molecule has 0 radical (unpaired) electrons. The van der Waals surface area contributed by atoms with Crippen LogP contribution in [0.25, 0.3) is 0 Å². The third kappa shape index (κ3) is 3.41. The molecule has 1 fully saturated rings. The highest BCUT2D eigenvalue weighted by molar-refractivity contribution is 6.01. The van der Waals surface area contributed by atoms with E-state index in [1.54, 1.807) is 30.0 Å². The van der Waals surface area contributed by atoms with Gasteiger partial charge in [-0.25, -0.2) is 0 Å². The van der Waals surface area contributed by atoms with E-state index in [4.69, 9.17) is 5.73 Å². The summed E-state index contributed by atoms with van der Waals surface area (Å²) in [4.78, 5) is 37.3. The number of amides is 3. The molecule has 24 heavy (non-hydrogen) atoms. The molecule has 1 aromatic carbocycles. The number of carbonyl (C=O) groups excluding carboxylic acids is 3. The van der Waals surface area contributed by atoms with Gasteiger partial charge < -0.3 is 21.3 Å². The van der Waals surface area contributed by atoms with Crippen LogP contribution in [0.4, 0.5) is 5.69 Å². The summed E-state index contributed by atoms with van der Waals surface area (Å²) in [6.07, 6.45) is 1.18. The lowest BCUT2D eigenvalue weighted by Gasteiger charge is -2.18. The first-order chi connectivity index (χ1) is 11.4. The molecule has 4 N–H and O–H groups in total. The highest BCUT2D eigenvalue weighted by Crippen LogP contribution is 2.24. The second kappa shape index (κ2) is 6.60. The molecule has 0 saturated carbocycles. The molecule has 2 atom stereocenters. The Morgan fingerprint density at radius 1 is 1.46 bits per heavy atom. The molecule has 0 unspecified atom stereocenters. The summed E-state index contributed by atoms with van der Waals surface area (Å²) in [6.45, 7) is 3.53. The number of anilines is 1. The Morgan fingerprint density at radius 3 is 3.00 bits per heavy atom. The van der Waals surface area contributed by atoms with Gasteiger partial charge in [0.05, 0.1) is 12.5 Å². The predicted octanol–water partition coefficient (Wildman–Crippen LogP) is 0.107. The van der Waals surface area contributed by atoms with Gasteiger partial charge in [0.25, 0.3) is 5.91 Å². The molecule has 7 heteroatoms. The Kier molecular flexibility index (Phi) is 4.53. The molecular formula is C17H22N4O3. The molecule has 0 bridgehead atoms. The van der Waals surface area contributed by atoms with E-state index in [1.807, 2.05) is 0 Å². The Hall–Kier alpha value is -2.41. The SMILES string of the molecule is C[C@@H](N)C(=O)N1CC[C@@H](CNC(=O)c2ccc3c(c2)CC(=O)N3)C1. The van der Waals surface area contributed by atoms with E-state index >= 15 is 0 Å². The van der Waals surface area contributed by atoms with Crippen LogP contribution in [-0.2, 0) is 16.0 Å². The summed E-state index contributed by atoms with van der Waals surface area (Å²) < 4.78 is 0. The molecule has 7 nitrogen and oxygen atoms in total. The molecule has 3 amide bonds. The Balaban J connectivity index is 1.53. The van der Waals surface area contributed by atoms with Crippen molar-refractivity contribution in [3.8, 4) is 0 Å². The maximum atomic E-state index is 12.3. The fourth-order valence-corrected chi connectivity index (χ4v) is 3.20. The maximum Gasteiger partial charge on any atom is 0.251 e. The van der Waals surface area contributed by atoms with Crippen molar-refractivity contribution in [3.05, 3.63) is 29.3 Å². The fraction of sp³-hybridized carbons (Fsp3) is 0.471. The van der Waals surface area contributed by atoms with Crippen LogP contribution in [0.3, 0.4) is 0 Å². The van der Waals surface area contributed by atoms with Crippen LogP contribution in [0.5, 0.6) is 0 Å². The number of nitrogens with one attached hydrogen (secondary N) is 2. The molecule has 1 aromatic rings. The van der Waals surface area contributed by atoms with Crippen molar-refractivity contribution in [1.29, 1.82) is 0 Å². The zero-order valence-corrected chi connectivity index (χ0v) is 13.7. The van der Waals surface area contributed by atoms with Crippen LogP contribution >= 0.6 is 0 Å². The van der Waals surface area contributed by atoms with Crippen molar-refractivity contribution < 1.29 is 14.4 Å². The van der Waals surface area contributed by atoms with Crippen LogP contribution < -0.4 is 16.4 Å². The molecule has 2 aliphatic rings. The predicted molar refractivity (Wildman–Crippen MR) is 89.4 cm³/mol. The lowest BCUT2D eigenvalue weighted by molar-refractivity contribution is -0.131. The number of nitrogens with two attached hydrogens (primary N) is 1. The third-order valence-corrected chi connectivity index (χ3v) is 4.53. The number of nitrogens with zero attached hydrogens (tertiary/aromatic N) is 1. The fourth-order valence-electron chi connectivity index (χ4n) is 3.20. The van der Waals surface area contributed by atoms with Gasteiger partial charge in [0.1, 0.15) is 0 Å². The third-order valence-electron chi connectivity index (χ3n) is 4.53. The summed E-state index contributed by atoms with van der Waals surface area (Å²) in [5, 5.41) is 5.66. The first kappa shape index (κ1) is 16.4. The monoisotopic (exact) mass is 330 g/mol. The highest BCUT2D eigenvalue weighted by Gasteiger charge is 2.28. The van der Waals surface area contributed by atoms with E-state index in [9.17, 15) is 14.4 Å².